The van der Waals surface area contributed by atoms with E-state index in [1.807, 2.05) is 0 Å². The summed E-state index contributed by atoms with van der Waals surface area (Å²) in [7, 11) is 0. The van der Waals surface area contributed by atoms with E-state index >= 15 is 0 Å². The first-order valence-corrected chi connectivity index (χ1v) is 4.02. The van der Waals surface area contributed by atoms with Crippen molar-refractivity contribution >= 4 is 11.8 Å². The number of Topliss-reactive ketones (excluding diaryl/α,β-unsaturated/α-hetero) is 1. The van der Waals surface area contributed by atoms with Crippen molar-refractivity contribution in [2.24, 2.45) is 5.92 Å². The molecule has 5 nitrogen and oxygen atoms in total. The van der Waals surface area contributed by atoms with Crippen molar-refractivity contribution in [1.29, 1.82) is 0 Å². The minimum atomic E-state index is -1.43. The molecule has 76 valence electrons. The van der Waals surface area contributed by atoms with Crippen LogP contribution < -0.4 is 0 Å². The smallest absolute Gasteiger partial charge is 0.372 e. The maximum absolute atomic E-state index is 10.5. The van der Waals surface area contributed by atoms with E-state index in [1.165, 1.54) is 0 Å². The molecule has 0 aromatic rings. The number of ketones is 1. The van der Waals surface area contributed by atoms with Crippen molar-refractivity contribution in [3.63, 3.8) is 0 Å². The molecular weight excluding hydrogens is 176 g/mol. The molecule has 0 spiro atoms. The fourth-order valence-corrected chi connectivity index (χ4v) is 0.609. The van der Waals surface area contributed by atoms with E-state index in [-0.39, 0.29) is 25.6 Å². The first kappa shape index (κ1) is 12.1. The highest BCUT2D eigenvalue weighted by molar-refractivity contribution is 6.32. The summed E-state index contributed by atoms with van der Waals surface area (Å²) in [6.07, 6.45) is -0.118. The fraction of sp³-hybridized carbons (Fsp3) is 0.750. The van der Waals surface area contributed by atoms with E-state index in [0.717, 1.165) is 0 Å². The van der Waals surface area contributed by atoms with Crippen molar-refractivity contribution in [2.75, 3.05) is 19.8 Å². The Morgan fingerprint density at radius 1 is 1.46 bits per heavy atom. The number of aliphatic carboxylic acids is 1. The third-order valence-corrected chi connectivity index (χ3v) is 1.43. The zero-order valence-corrected chi connectivity index (χ0v) is 7.52. The molecule has 0 rings (SSSR count). The zero-order valence-electron chi connectivity index (χ0n) is 7.52. The fourth-order valence-electron chi connectivity index (χ4n) is 0.609. The Balaban J connectivity index is 3.36. The van der Waals surface area contributed by atoms with Crippen LogP contribution in [-0.2, 0) is 14.3 Å². The van der Waals surface area contributed by atoms with Crippen LogP contribution in [0.4, 0.5) is 0 Å². The number of carbonyl (C=O) groups is 2. The maximum atomic E-state index is 10.5. The standard InChI is InChI=1S/C8H14O5/c1-6(4-9)5-13-3-2-7(10)8(11)12/h6,9H,2-5H2,1H3,(H,11,12). The first-order valence-electron chi connectivity index (χ1n) is 4.02. The van der Waals surface area contributed by atoms with Crippen molar-refractivity contribution in [3.05, 3.63) is 0 Å². The molecule has 0 radical (unpaired) electrons. The molecule has 0 aliphatic carbocycles. The number of hydrogen-bond acceptors (Lipinski definition) is 4. The number of carboxylic acid groups (broad SMARTS) is 1. The predicted molar refractivity (Wildman–Crippen MR) is 44.3 cm³/mol. The molecule has 1 atom stereocenters. The van der Waals surface area contributed by atoms with Gasteiger partial charge in [-0.1, -0.05) is 6.92 Å². The van der Waals surface area contributed by atoms with Crippen molar-refractivity contribution in [3.8, 4) is 0 Å². The quantitative estimate of drug-likeness (QED) is 0.424. The van der Waals surface area contributed by atoms with Crippen LogP contribution >= 0.6 is 0 Å². The Hall–Kier alpha value is -0.940. The van der Waals surface area contributed by atoms with Gasteiger partial charge in [0.05, 0.1) is 13.2 Å². The molecule has 0 amide bonds. The van der Waals surface area contributed by atoms with Crippen LogP contribution in [0.1, 0.15) is 13.3 Å². The van der Waals surface area contributed by atoms with E-state index in [0.29, 0.717) is 6.61 Å². The van der Waals surface area contributed by atoms with Gasteiger partial charge in [0.15, 0.2) is 0 Å². The van der Waals surface area contributed by atoms with E-state index in [9.17, 15) is 9.59 Å². The molecule has 0 fully saturated rings. The van der Waals surface area contributed by atoms with Gasteiger partial charge in [-0.2, -0.15) is 0 Å². The molecule has 2 N–H and O–H groups in total. The van der Waals surface area contributed by atoms with Gasteiger partial charge in [0.1, 0.15) is 0 Å². The number of rotatable bonds is 7. The number of hydrogen-bond donors (Lipinski definition) is 2. The highest BCUT2D eigenvalue weighted by Gasteiger charge is 2.10. The SMILES string of the molecule is CC(CO)COCCC(=O)C(=O)O. The molecule has 1 unspecified atom stereocenters. The second-order valence-corrected chi connectivity index (χ2v) is 2.84. The molecule has 0 aromatic carbocycles. The van der Waals surface area contributed by atoms with Gasteiger partial charge in [0, 0.05) is 18.9 Å². The molecule has 0 bridgehead atoms. The maximum Gasteiger partial charge on any atom is 0.372 e. The van der Waals surface area contributed by atoms with Crippen LogP contribution in [0.25, 0.3) is 0 Å². The molecular formula is C8H14O5. The largest absolute Gasteiger partial charge is 0.475 e. The lowest BCUT2D eigenvalue weighted by atomic mass is 10.2. The van der Waals surface area contributed by atoms with Gasteiger partial charge in [-0.25, -0.2) is 4.79 Å². The third kappa shape index (κ3) is 6.24. The first-order chi connectivity index (χ1) is 6.07. The number of ether oxygens (including phenoxy) is 1. The second kappa shape index (κ2) is 6.56. The summed E-state index contributed by atoms with van der Waals surface area (Å²) in [5.74, 6) is -2.27. The summed E-state index contributed by atoms with van der Waals surface area (Å²) in [5.41, 5.74) is 0. The zero-order chi connectivity index (χ0) is 10.3. The molecule has 0 heterocycles. The predicted octanol–water partition coefficient (Wildman–Crippen LogP) is -0.325. The van der Waals surface area contributed by atoms with Gasteiger partial charge < -0.3 is 14.9 Å². The van der Waals surface area contributed by atoms with Gasteiger partial charge in [-0.15, -0.1) is 0 Å². The van der Waals surface area contributed by atoms with Crippen LogP contribution in [-0.4, -0.2) is 41.8 Å². The third-order valence-electron chi connectivity index (χ3n) is 1.43. The molecule has 0 aliphatic heterocycles. The molecule has 0 aliphatic rings. The summed E-state index contributed by atoms with van der Waals surface area (Å²) in [4.78, 5) is 20.6. The minimum absolute atomic E-state index is 0.0138. The van der Waals surface area contributed by atoms with Crippen LogP contribution in [0.2, 0.25) is 0 Å². The molecule has 0 aromatic heterocycles. The second-order valence-electron chi connectivity index (χ2n) is 2.84. The highest BCUT2D eigenvalue weighted by Crippen LogP contribution is 1.94. The lowest BCUT2D eigenvalue weighted by molar-refractivity contribution is -0.149. The number of carboxylic acids is 1. The van der Waals surface area contributed by atoms with Crippen LogP contribution in [0.3, 0.4) is 0 Å². The van der Waals surface area contributed by atoms with Crippen LogP contribution in [0.15, 0.2) is 0 Å². The minimum Gasteiger partial charge on any atom is -0.475 e. The normalized spacial score (nSPS) is 12.5. The van der Waals surface area contributed by atoms with Gasteiger partial charge in [-0.3, -0.25) is 4.79 Å². The summed E-state index contributed by atoms with van der Waals surface area (Å²) in [6.45, 7) is 2.24. The number of aliphatic hydroxyl groups is 1. The average Bonchev–Trinajstić information content (AvgIpc) is 2.11. The lowest BCUT2D eigenvalue weighted by Crippen LogP contribution is -2.17. The molecule has 13 heavy (non-hydrogen) atoms. The molecule has 0 saturated heterocycles. The lowest BCUT2D eigenvalue weighted by Gasteiger charge is -2.07. The van der Waals surface area contributed by atoms with E-state index in [1.54, 1.807) is 6.92 Å². The summed E-state index contributed by atoms with van der Waals surface area (Å²) >= 11 is 0. The number of carbonyl (C=O) groups excluding carboxylic acids is 1. The summed E-state index contributed by atoms with van der Waals surface area (Å²) in [5, 5.41) is 16.8. The topological polar surface area (TPSA) is 83.8 Å². The van der Waals surface area contributed by atoms with Crippen molar-refractivity contribution < 1.29 is 24.5 Å². The van der Waals surface area contributed by atoms with Crippen LogP contribution in [0, 0.1) is 5.92 Å². The Kier molecular flexibility index (Phi) is 6.09. The van der Waals surface area contributed by atoms with E-state index in [2.05, 4.69) is 0 Å². The van der Waals surface area contributed by atoms with Gasteiger partial charge in [0.2, 0.25) is 5.78 Å². The average molecular weight is 190 g/mol. The highest BCUT2D eigenvalue weighted by atomic mass is 16.5. The summed E-state index contributed by atoms with van der Waals surface area (Å²) in [6, 6.07) is 0. The number of aliphatic hydroxyl groups excluding tert-OH is 1. The Morgan fingerprint density at radius 2 is 2.08 bits per heavy atom. The molecule has 0 saturated carbocycles. The molecule has 5 heteroatoms. The van der Waals surface area contributed by atoms with Gasteiger partial charge in [0.25, 0.3) is 0 Å². The van der Waals surface area contributed by atoms with Crippen molar-refractivity contribution in [1.82, 2.24) is 0 Å². The van der Waals surface area contributed by atoms with Gasteiger partial charge >= 0.3 is 5.97 Å². The monoisotopic (exact) mass is 190 g/mol. The van der Waals surface area contributed by atoms with E-state index < -0.39 is 11.8 Å². The van der Waals surface area contributed by atoms with Crippen LogP contribution in [0.5, 0.6) is 0 Å². The van der Waals surface area contributed by atoms with E-state index in [4.69, 9.17) is 14.9 Å². The Labute approximate surface area is 76.3 Å². The van der Waals surface area contributed by atoms with Crippen molar-refractivity contribution in [2.45, 2.75) is 13.3 Å². The Bertz CT molecular complexity index is 177. The van der Waals surface area contributed by atoms with Gasteiger partial charge in [-0.05, 0) is 0 Å². The Morgan fingerprint density at radius 3 is 2.54 bits per heavy atom. The summed E-state index contributed by atoms with van der Waals surface area (Å²) < 4.78 is 4.96.